The number of methoxy groups -OCH3 is 1. The number of furan rings is 1. The molecule has 3 rings (SSSR count). The van der Waals surface area contributed by atoms with Gasteiger partial charge in [-0.25, -0.2) is 19.0 Å². The van der Waals surface area contributed by atoms with Gasteiger partial charge in [0.25, 0.3) is 0 Å². The molecule has 1 aromatic carbocycles. The van der Waals surface area contributed by atoms with E-state index in [1.54, 1.807) is 6.92 Å². The van der Waals surface area contributed by atoms with Crippen molar-refractivity contribution in [2.24, 2.45) is 4.99 Å². The summed E-state index contributed by atoms with van der Waals surface area (Å²) in [7, 11) is 1.26. The molecule has 0 bridgehead atoms. The van der Waals surface area contributed by atoms with E-state index in [-0.39, 0.29) is 22.9 Å². The molecule has 0 unspecified atom stereocenters. The van der Waals surface area contributed by atoms with Gasteiger partial charge in [-0.1, -0.05) is 0 Å². The number of carbonyl (C=O) groups is 2. The molecular weight excluding hydrogens is 317 g/mol. The summed E-state index contributed by atoms with van der Waals surface area (Å²) >= 11 is 0. The first-order valence-electron chi connectivity index (χ1n) is 6.95. The molecule has 24 heavy (non-hydrogen) atoms. The molecule has 0 N–H and O–H groups in total. The zero-order valence-corrected chi connectivity index (χ0v) is 12.8. The Bertz CT molecular complexity index is 877. The van der Waals surface area contributed by atoms with Gasteiger partial charge in [0.05, 0.1) is 7.11 Å². The van der Waals surface area contributed by atoms with Crippen molar-refractivity contribution in [3.8, 4) is 0 Å². The molecule has 7 heteroatoms. The molecule has 0 saturated carbocycles. The Morgan fingerprint density at radius 3 is 2.67 bits per heavy atom. The van der Waals surface area contributed by atoms with Crippen LogP contribution in [0.5, 0.6) is 0 Å². The molecule has 0 aliphatic carbocycles. The summed E-state index contributed by atoms with van der Waals surface area (Å²) in [6.07, 6.45) is 1.36. The van der Waals surface area contributed by atoms with Crippen molar-refractivity contribution in [1.29, 1.82) is 0 Å². The van der Waals surface area contributed by atoms with Crippen LogP contribution in [0.4, 0.5) is 4.39 Å². The van der Waals surface area contributed by atoms with Crippen LogP contribution in [0.25, 0.3) is 6.08 Å². The van der Waals surface area contributed by atoms with Gasteiger partial charge < -0.3 is 13.9 Å². The van der Waals surface area contributed by atoms with Crippen molar-refractivity contribution in [3.05, 3.63) is 64.5 Å². The number of hydrogen-bond acceptors (Lipinski definition) is 6. The number of ether oxygens (including phenoxy) is 2. The first kappa shape index (κ1) is 15.7. The second kappa shape index (κ2) is 6.11. The fraction of sp³-hybridized carbons (Fsp3) is 0.118. The monoisotopic (exact) mass is 329 g/mol. The van der Waals surface area contributed by atoms with Gasteiger partial charge in [-0.3, -0.25) is 0 Å². The van der Waals surface area contributed by atoms with Crippen LogP contribution in [0.3, 0.4) is 0 Å². The standard InChI is InChI=1S/C17H12FNO5/c1-9-13(16(20)22-2)7-12(23-9)8-14-17(21)24-15(19-14)10-3-5-11(18)6-4-10/h3-8H,1-2H3/b14-8-. The molecule has 0 fully saturated rings. The second-order valence-electron chi connectivity index (χ2n) is 4.95. The summed E-state index contributed by atoms with van der Waals surface area (Å²) in [5, 5.41) is 0. The van der Waals surface area contributed by atoms with Gasteiger partial charge in [-0.05, 0) is 37.3 Å². The molecule has 0 saturated heterocycles. The van der Waals surface area contributed by atoms with E-state index >= 15 is 0 Å². The predicted octanol–water partition coefficient (Wildman–Crippen LogP) is 2.86. The van der Waals surface area contributed by atoms with E-state index < -0.39 is 17.8 Å². The van der Waals surface area contributed by atoms with E-state index in [4.69, 9.17) is 9.15 Å². The van der Waals surface area contributed by atoms with Crippen molar-refractivity contribution in [3.63, 3.8) is 0 Å². The number of nitrogens with zero attached hydrogens (tertiary/aromatic N) is 1. The molecule has 6 nitrogen and oxygen atoms in total. The van der Waals surface area contributed by atoms with E-state index in [9.17, 15) is 14.0 Å². The van der Waals surface area contributed by atoms with Crippen LogP contribution in [0, 0.1) is 12.7 Å². The highest BCUT2D eigenvalue weighted by Crippen LogP contribution is 2.22. The summed E-state index contributed by atoms with van der Waals surface area (Å²) in [4.78, 5) is 27.5. The minimum absolute atomic E-state index is 0.0134. The number of esters is 2. The van der Waals surface area contributed by atoms with Crippen LogP contribution >= 0.6 is 0 Å². The zero-order chi connectivity index (χ0) is 17.3. The molecule has 2 aromatic rings. The smallest absolute Gasteiger partial charge is 0.363 e. The van der Waals surface area contributed by atoms with Gasteiger partial charge in [0, 0.05) is 11.6 Å². The summed E-state index contributed by atoms with van der Waals surface area (Å²) in [6.45, 7) is 1.61. The van der Waals surface area contributed by atoms with Crippen LogP contribution in [-0.2, 0) is 14.3 Å². The van der Waals surface area contributed by atoms with Gasteiger partial charge in [0.15, 0.2) is 5.70 Å². The van der Waals surface area contributed by atoms with Crippen LogP contribution in [0.2, 0.25) is 0 Å². The Balaban J connectivity index is 1.91. The molecule has 1 aromatic heterocycles. The summed E-state index contributed by atoms with van der Waals surface area (Å²) in [5.41, 5.74) is 0.747. The third kappa shape index (κ3) is 2.96. The first-order valence-corrected chi connectivity index (χ1v) is 6.95. The lowest BCUT2D eigenvalue weighted by Gasteiger charge is -1.98. The number of aliphatic imine (C=N–C) groups is 1. The number of rotatable bonds is 3. The van der Waals surface area contributed by atoms with E-state index in [0.717, 1.165) is 0 Å². The minimum Gasteiger partial charge on any atom is -0.465 e. The number of carbonyl (C=O) groups excluding carboxylic acids is 2. The molecule has 2 heterocycles. The number of halogens is 1. The lowest BCUT2D eigenvalue weighted by Crippen LogP contribution is -2.05. The number of hydrogen-bond donors (Lipinski definition) is 0. The molecular formula is C17H12FNO5. The second-order valence-corrected chi connectivity index (χ2v) is 4.95. The molecule has 1 aliphatic heterocycles. The van der Waals surface area contributed by atoms with Gasteiger partial charge in [0.2, 0.25) is 5.90 Å². The zero-order valence-electron chi connectivity index (χ0n) is 12.8. The molecule has 122 valence electrons. The normalized spacial score (nSPS) is 15.4. The quantitative estimate of drug-likeness (QED) is 0.639. The lowest BCUT2D eigenvalue weighted by atomic mass is 10.2. The Hall–Kier alpha value is -3.22. The number of cyclic esters (lactones) is 1. The SMILES string of the molecule is COC(=O)c1cc(/C=C2\N=C(c3ccc(F)cc3)OC2=O)oc1C. The third-order valence-electron chi connectivity index (χ3n) is 3.33. The van der Waals surface area contributed by atoms with E-state index in [0.29, 0.717) is 11.3 Å². The maximum Gasteiger partial charge on any atom is 0.363 e. The lowest BCUT2D eigenvalue weighted by molar-refractivity contribution is -0.129. The topological polar surface area (TPSA) is 78.1 Å². The van der Waals surface area contributed by atoms with E-state index in [1.807, 2.05) is 0 Å². The van der Waals surface area contributed by atoms with Gasteiger partial charge in [-0.15, -0.1) is 0 Å². The van der Waals surface area contributed by atoms with Crippen molar-refractivity contribution in [2.45, 2.75) is 6.92 Å². The van der Waals surface area contributed by atoms with Crippen LogP contribution in [0.15, 0.2) is 45.4 Å². The highest BCUT2D eigenvalue weighted by Gasteiger charge is 2.25. The maximum absolute atomic E-state index is 12.9. The van der Waals surface area contributed by atoms with E-state index in [2.05, 4.69) is 9.73 Å². The molecule has 0 atom stereocenters. The average Bonchev–Trinajstić information content (AvgIpc) is 3.11. The third-order valence-corrected chi connectivity index (χ3v) is 3.33. The van der Waals surface area contributed by atoms with Gasteiger partial charge >= 0.3 is 11.9 Å². The van der Waals surface area contributed by atoms with Gasteiger partial charge in [-0.2, -0.15) is 0 Å². The maximum atomic E-state index is 12.9. The van der Waals surface area contributed by atoms with E-state index in [1.165, 1.54) is 43.5 Å². The fourth-order valence-electron chi connectivity index (χ4n) is 2.15. The molecule has 0 radical (unpaired) electrons. The fourth-order valence-corrected chi connectivity index (χ4v) is 2.15. The van der Waals surface area contributed by atoms with Crippen LogP contribution < -0.4 is 0 Å². The predicted molar refractivity (Wildman–Crippen MR) is 81.8 cm³/mol. The average molecular weight is 329 g/mol. The molecule has 0 amide bonds. The van der Waals surface area contributed by atoms with Crippen molar-refractivity contribution in [2.75, 3.05) is 7.11 Å². The summed E-state index contributed by atoms with van der Waals surface area (Å²) in [5.74, 6) is -0.899. The van der Waals surface area contributed by atoms with Crippen molar-refractivity contribution in [1.82, 2.24) is 0 Å². The first-order chi connectivity index (χ1) is 11.5. The minimum atomic E-state index is -0.664. The van der Waals surface area contributed by atoms with Crippen molar-refractivity contribution < 1.29 is 27.9 Å². The Morgan fingerprint density at radius 2 is 2.00 bits per heavy atom. The van der Waals surface area contributed by atoms with Crippen molar-refractivity contribution >= 4 is 23.9 Å². The summed E-state index contributed by atoms with van der Waals surface area (Å²) in [6, 6.07) is 6.85. The molecule has 0 spiro atoms. The Labute approximate surface area is 136 Å². The molecule has 1 aliphatic rings. The van der Waals surface area contributed by atoms with Gasteiger partial charge in [0.1, 0.15) is 22.9 Å². The largest absolute Gasteiger partial charge is 0.465 e. The highest BCUT2D eigenvalue weighted by atomic mass is 19.1. The Morgan fingerprint density at radius 1 is 1.29 bits per heavy atom. The number of aryl methyl sites for hydroxylation is 1. The van der Waals surface area contributed by atoms with Crippen LogP contribution in [0.1, 0.15) is 27.4 Å². The number of benzene rings is 1. The summed E-state index contributed by atoms with van der Waals surface area (Å²) < 4.78 is 28.0. The highest BCUT2D eigenvalue weighted by molar-refractivity contribution is 6.12. The Kier molecular flexibility index (Phi) is 3.99. The van der Waals surface area contributed by atoms with Crippen LogP contribution in [-0.4, -0.2) is 24.9 Å².